The SMILES string of the molecule is [C-]#[N+]/C(=C\c1ccc(-c2cc3ccc(N(CC)CC)cc3oc2=O)s1)C(=O)NCCCCCC(=O)N(CC(=O)O)CC(=O)O. The molecule has 2 heterocycles. The third-order valence-electron chi connectivity index (χ3n) is 6.73. The maximum absolute atomic E-state index is 12.8. The van der Waals surface area contributed by atoms with Crippen LogP contribution >= 0.6 is 11.3 Å². The molecular weight excluding hydrogens is 588 g/mol. The minimum atomic E-state index is -1.30. The van der Waals surface area contributed by atoms with E-state index < -0.39 is 42.5 Å². The van der Waals surface area contributed by atoms with Crippen molar-refractivity contribution in [3.05, 3.63) is 68.8 Å². The second kappa shape index (κ2) is 16.0. The Morgan fingerprint density at radius 2 is 1.70 bits per heavy atom. The van der Waals surface area contributed by atoms with Gasteiger partial charge in [0.2, 0.25) is 11.8 Å². The topological polar surface area (TPSA) is 162 Å². The highest BCUT2D eigenvalue weighted by atomic mass is 32.1. The van der Waals surface area contributed by atoms with Gasteiger partial charge in [-0.1, -0.05) is 6.42 Å². The molecule has 0 bridgehead atoms. The van der Waals surface area contributed by atoms with Crippen LogP contribution in [0.15, 0.2) is 51.3 Å². The number of aliphatic carboxylic acids is 2. The molecule has 0 saturated heterocycles. The molecular formula is C31H34N4O8S. The Bertz CT molecular complexity index is 1630. The van der Waals surface area contributed by atoms with E-state index in [1.54, 1.807) is 18.2 Å². The fourth-order valence-electron chi connectivity index (χ4n) is 4.50. The minimum absolute atomic E-state index is 0.0185. The van der Waals surface area contributed by atoms with E-state index in [1.807, 2.05) is 18.2 Å². The first kappa shape index (κ1) is 33.5. The quantitative estimate of drug-likeness (QED) is 0.0915. The summed E-state index contributed by atoms with van der Waals surface area (Å²) in [5, 5.41) is 21.2. The molecule has 3 aromatic rings. The number of carboxylic acids is 2. The molecule has 0 radical (unpaired) electrons. The summed E-state index contributed by atoms with van der Waals surface area (Å²) in [6, 6.07) is 11.0. The molecule has 2 amide bonds. The Morgan fingerprint density at radius 3 is 2.34 bits per heavy atom. The van der Waals surface area contributed by atoms with Crippen molar-refractivity contribution in [2.24, 2.45) is 0 Å². The number of unbranched alkanes of at least 4 members (excludes halogenated alkanes) is 2. The van der Waals surface area contributed by atoms with Gasteiger partial charge in [0.1, 0.15) is 18.7 Å². The zero-order valence-corrected chi connectivity index (χ0v) is 25.3. The Morgan fingerprint density at radius 1 is 1.00 bits per heavy atom. The van der Waals surface area contributed by atoms with E-state index in [1.165, 1.54) is 17.4 Å². The zero-order chi connectivity index (χ0) is 32.2. The number of anilines is 1. The number of amides is 2. The number of hydrogen-bond donors (Lipinski definition) is 3. The van der Waals surface area contributed by atoms with Crippen molar-refractivity contribution in [3.63, 3.8) is 0 Å². The molecule has 12 nitrogen and oxygen atoms in total. The van der Waals surface area contributed by atoms with E-state index in [0.29, 0.717) is 40.2 Å². The summed E-state index contributed by atoms with van der Waals surface area (Å²) in [7, 11) is 0. The molecule has 13 heteroatoms. The van der Waals surface area contributed by atoms with Gasteiger partial charge in [0, 0.05) is 52.9 Å². The number of carboxylic acid groups (broad SMARTS) is 2. The van der Waals surface area contributed by atoms with Gasteiger partial charge in [-0.05, 0) is 63.1 Å². The number of nitrogens with one attached hydrogen (secondary N) is 1. The van der Waals surface area contributed by atoms with Crippen LogP contribution in [-0.4, -0.2) is 71.6 Å². The van der Waals surface area contributed by atoms with Crippen LogP contribution in [0.1, 0.15) is 44.4 Å². The van der Waals surface area contributed by atoms with Gasteiger partial charge >= 0.3 is 17.6 Å². The number of carbonyl (C=O) groups is 4. The van der Waals surface area contributed by atoms with E-state index in [4.69, 9.17) is 21.2 Å². The molecule has 2 aromatic heterocycles. The predicted octanol–water partition coefficient (Wildman–Crippen LogP) is 4.30. The van der Waals surface area contributed by atoms with Crippen molar-refractivity contribution in [1.82, 2.24) is 10.2 Å². The number of nitrogens with zero attached hydrogens (tertiary/aromatic N) is 3. The lowest BCUT2D eigenvalue weighted by Crippen LogP contribution is -2.39. The number of benzene rings is 1. The van der Waals surface area contributed by atoms with Gasteiger partial charge in [0.05, 0.1) is 12.1 Å². The molecule has 232 valence electrons. The summed E-state index contributed by atoms with van der Waals surface area (Å²) < 4.78 is 5.63. The van der Waals surface area contributed by atoms with E-state index in [2.05, 4.69) is 28.9 Å². The number of hydrogen-bond acceptors (Lipinski definition) is 8. The number of carbonyl (C=O) groups excluding carboxylic acids is 2. The van der Waals surface area contributed by atoms with Gasteiger partial charge in [-0.15, -0.1) is 11.3 Å². The second-order valence-corrected chi connectivity index (χ2v) is 10.9. The molecule has 0 saturated carbocycles. The van der Waals surface area contributed by atoms with Gasteiger partial charge in [0.15, 0.2) is 0 Å². The average Bonchev–Trinajstić information content (AvgIpc) is 3.45. The van der Waals surface area contributed by atoms with E-state index >= 15 is 0 Å². The van der Waals surface area contributed by atoms with Crippen molar-refractivity contribution in [3.8, 4) is 10.4 Å². The van der Waals surface area contributed by atoms with Crippen LogP contribution < -0.4 is 15.8 Å². The van der Waals surface area contributed by atoms with Gasteiger partial charge in [0.25, 0.3) is 5.70 Å². The van der Waals surface area contributed by atoms with E-state index in [0.717, 1.165) is 29.1 Å². The summed E-state index contributed by atoms with van der Waals surface area (Å²) in [6.45, 7) is 12.1. The minimum Gasteiger partial charge on any atom is -0.480 e. The van der Waals surface area contributed by atoms with Crippen LogP contribution in [0.5, 0.6) is 0 Å². The molecule has 3 N–H and O–H groups in total. The molecule has 3 rings (SSSR count). The summed E-state index contributed by atoms with van der Waals surface area (Å²) in [6.07, 6.45) is 2.84. The Hall–Kier alpha value is -4.96. The Labute approximate surface area is 258 Å². The van der Waals surface area contributed by atoms with E-state index in [9.17, 15) is 24.0 Å². The Kier molecular flexibility index (Phi) is 12.2. The third kappa shape index (κ3) is 9.27. The average molecular weight is 623 g/mol. The highest BCUT2D eigenvalue weighted by Crippen LogP contribution is 2.30. The molecule has 0 aliphatic heterocycles. The highest BCUT2D eigenvalue weighted by molar-refractivity contribution is 7.16. The summed E-state index contributed by atoms with van der Waals surface area (Å²) in [5.74, 6) is -3.73. The van der Waals surface area contributed by atoms with Crippen LogP contribution in [-0.2, 0) is 19.2 Å². The van der Waals surface area contributed by atoms with Crippen molar-refractivity contribution in [1.29, 1.82) is 0 Å². The van der Waals surface area contributed by atoms with Crippen LogP contribution in [0.2, 0.25) is 0 Å². The number of thiophene rings is 1. The van der Waals surface area contributed by atoms with E-state index in [-0.39, 0.29) is 18.7 Å². The molecule has 0 unspecified atom stereocenters. The first-order valence-corrected chi connectivity index (χ1v) is 14.9. The zero-order valence-electron chi connectivity index (χ0n) is 24.5. The first-order valence-electron chi connectivity index (χ1n) is 14.1. The largest absolute Gasteiger partial charge is 0.480 e. The predicted molar refractivity (Wildman–Crippen MR) is 167 cm³/mol. The fraction of sp³-hybridized carbons (Fsp3) is 0.355. The monoisotopic (exact) mass is 622 g/mol. The van der Waals surface area contributed by atoms with Gasteiger partial charge in [-0.25, -0.2) is 9.64 Å². The third-order valence-corrected chi connectivity index (χ3v) is 7.80. The second-order valence-electron chi connectivity index (χ2n) is 9.79. The van der Waals surface area contributed by atoms with Crippen molar-refractivity contribution < 1.29 is 33.8 Å². The first-order chi connectivity index (χ1) is 21.1. The fourth-order valence-corrected chi connectivity index (χ4v) is 5.45. The molecule has 0 aliphatic carbocycles. The summed E-state index contributed by atoms with van der Waals surface area (Å²) in [4.78, 5) is 66.8. The van der Waals surface area contributed by atoms with Crippen LogP contribution in [0.3, 0.4) is 0 Å². The van der Waals surface area contributed by atoms with Gasteiger partial charge in [-0.2, -0.15) is 0 Å². The van der Waals surface area contributed by atoms with Crippen molar-refractivity contribution >= 4 is 57.8 Å². The molecule has 0 fully saturated rings. The standard InChI is InChI=1S/C31H34N4O8S/c1-4-34(5-2)21-11-10-20-15-23(31(42)43-25(20)16-21)26-13-12-22(44-26)17-24(32-3)30(41)33-14-8-6-7-9-27(36)35(18-28(37)38)19-29(39)40/h10-13,15-17H,4-9,14,18-19H2,1-2H3,(H,33,41)(H,37,38)(H,39,40)/b24-17-. The van der Waals surface area contributed by atoms with Crippen molar-refractivity contribution in [2.45, 2.75) is 39.5 Å². The van der Waals surface area contributed by atoms with Gasteiger partial charge in [-0.3, -0.25) is 19.2 Å². The lowest BCUT2D eigenvalue weighted by Gasteiger charge is -2.20. The van der Waals surface area contributed by atoms with Crippen LogP contribution in [0.25, 0.3) is 32.3 Å². The molecule has 0 spiro atoms. The lowest BCUT2D eigenvalue weighted by molar-refractivity contribution is -0.149. The maximum Gasteiger partial charge on any atom is 0.345 e. The summed E-state index contributed by atoms with van der Waals surface area (Å²) in [5.41, 5.74) is 1.25. The van der Waals surface area contributed by atoms with Gasteiger partial charge < -0.3 is 29.7 Å². The smallest absolute Gasteiger partial charge is 0.345 e. The number of rotatable bonds is 16. The lowest BCUT2D eigenvalue weighted by atomic mass is 10.1. The highest BCUT2D eigenvalue weighted by Gasteiger charge is 2.19. The maximum atomic E-state index is 12.8. The molecule has 0 aliphatic rings. The van der Waals surface area contributed by atoms with Crippen molar-refractivity contribution in [2.75, 3.05) is 37.6 Å². The Balaban J connectivity index is 1.57. The molecule has 44 heavy (non-hydrogen) atoms. The number of fused-ring (bicyclic) bond motifs is 1. The normalized spacial score (nSPS) is 11.2. The summed E-state index contributed by atoms with van der Waals surface area (Å²) >= 11 is 1.25. The van der Waals surface area contributed by atoms with Crippen LogP contribution in [0, 0.1) is 6.57 Å². The molecule has 0 atom stereocenters. The van der Waals surface area contributed by atoms with Crippen LogP contribution in [0.4, 0.5) is 5.69 Å². The molecule has 1 aromatic carbocycles.